The van der Waals surface area contributed by atoms with Gasteiger partial charge in [-0.3, -0.25) is 9.36 Å². The molecule has 1 aromatic carbocycles. The third-order valence-electron chi connectivity index (χ3n) is 4.16. The topological polar surface area (TPSA) is 80.0 Å². The molecule has 1 atom stereocenters. The lowest BCUT2D eigenvalue weighted by Crippen LogP contribution is -2.25. The van der Waals surface area contributed by atoms with Gasteiger partial charge >= 0.3 is 0 Å². The molecule has 0 saturated heterocycles. The van der Waals surface area contributed by atoms with Crippen LogP contribution in [0.5, 0.6) is 0 Å². The Labute approximate surface area is 150 Å². The molecule has 7 heteroatoms. The van der Waals surface area contributed by atoms with Crippen molar-refractivity contribution < 1.29 is 5.11 Å². The summed E-state index contributed by atoms with van der Waals surface area (Å²) in [5, 5.41) is 13.6. The molecular formula is C18H19ClN4O2. The van der Waals surface area contributed by atoms with E-state index >= 15 is 0 Å². The van der Waals surface area contributed by atoms with Crippen molar-refractivity contribution in [3.63, 3.8) is 0 Å². The normalized spacial score (nSPS) is 12.3. The quantitative estimate of drug-likeness (QED) is 0.733. The molecular weight excluding hydrogens is 340 g/mol. The molecule has 1 unspecified atom stereocenters. The molecule has 2 aromatic heterocycles. The van der Waals surface area contributed by atoms with Crippen LogP contribution in [0.15, 0.2) is 41.3 Å². The van der Waals surface area contributed by atoms with Crippen molar-refractivity contribution in [3.8, 4) is 11.1 Å². The second-order valence-electron chi connectivity index (χ2n) is 5.81. The number of nitrogens with zero attached hydrogens (tertiary/aromatic N) is 3. The third kappa shape index (κ3) is 3.36. The molecule has 0 spiro atoms. The highest BCUT2D eigenvalue weighted by molar-refractivity contribution is 6.33. The van der Waals surface area contributed by atoms with E-state index < -0.39 is 0 Å². The number of nitrogens with one attached hydrogen (secondary N) is 1. The Morgan fingerprint density at radius 1 is 1.32 bits per heavy atom. The number of fused-ring (bicyclic) bond motifs is 1. The molecule has 0 aliphatic carbocycles. The lowest BCUT2D eigenvalue weighted by Gasteiger charge is -2.15. The largest absolute Gasteiger partial charge is 0.394 e. The molecule has 2 heterocycles. The van der Waals surface area contributed by atoms with Crippen LogP contribution >= 0.6 is 11.6 Å². The highest BCUT2D eigenvalue weighted by atomic mass is 35.5. The zero-order valence-electron chi connectivity index (χ0n) is 14.0. The smallest absolute Gasteiger partial charge is 0.259 e. The van der Waals surface area contributed by atoms with Gasteiger partial charge in [0.05, 0.1) is 12.6 Å². The number of aliphatic hydroxyl groups is 1. The van der Waals surface area contributed by atoms with E-state index in [1.807, 2.05) is 25.1 Å². The van der Waals surface area contributed by atoms with Crippen molar-refractivity contribution in [2.75, 3.05) is 11.9 Å². The van der Waals surface area contributed by atoms with Crippen molar-refractivity contribution in [1.82, 2.24) is 14.5 Å². The maximum Gasteiger partial charge on any atom is 0.259 e. The first-order valence-electron chi connectivity index (χ1n) is 8.04. The maximum absolute atomic E-state index is 12.8. The van der Waals surface area contributed by atoms with Crippen LogP contribution in [0.4, 0.5) is 5.95 Å². The summed E-state index contributed by atoms with van der Waals surface area (Å²) in [6, 6.07) is 8.86. The second kappa shape index (κ2) is 7.21. The summed E-state index contributed by atoms with van der Waals surface area (Å²) >= 11 is 6.24. The Hall–Kier alpha value is -2.44. The Morgan fingerprint density at radius 2 is 2.08 bits per heavy atom. The number of rotatable bonds is 5. The molecule has 0 aliphatic rings. The van der Waals surface area contributed by atoms with E-state index in [0.29, 0.717) is 27.7 Å². The molecule has 0 bridgehead atoms. The van der Waals surface area contributed by atoms with E-state index in [-0.39, 0.29) is 18.2 Å². The number of aliphatic hydroxyl groups excluding tert-OH is 1. The van der Waals surface area contributed by atoms with Crippen LogP contribution in [-0.2, 0) is 7.05 Å². The van der Waals surface area contributed by atoms with Gasteiger partial charge in [0.15, 0.2) is 0 Å². The predicted octanol–water partition coefficient (Wildman–Crippen LogP) is 2.83. The Bertz CT molecular complexity index is 967. The number of aromatic nitrogens is 3. The molecule has 2 N–H and O–H groups in total. The number of pyridine rings is 1. The van der Waals surface area contributed by atoms with Crippen molar-refractivity contribution in [2.24, 2.45) is 7.05 Å². The summed E-state index contributed by atoms with van der Waals surface area (Å²) in [4.78, 5) is 21.5. The fourth-order valence-electron chi connectivity index (χ4n) is 2.65. The summed E-state index contributed by atoms with van der Waals surface area (Å²) in [6.07, 6.45) is 2.40. The second-order valence-corrected chi connectivity index (χ2v) is 6.21. The molecule has 130 valence electrons. The van der Waals surface area contributed by atoms with Gasteiger partial charge in [0.2, 0.25) is 5.95 Å². The van der Waals surface area contributed by atoms with Crippen molar-refractivity contribution in [2.45, 2.75) is 19.4 Å². The molecule has 0 saturated carbocycles. The Balaban J connectivity index is 2.12. The van der Waals surface area contributed by atoms with Gasteiger partial charge in [-0.25, -0.2) is 4.98 Å². The van der Waals surface area contributed by atoms with Gasteiger partial charge in [0, 0.05) is 34.8 Å². The van der Waals surface area contributed by atoms with Crippen LogP contribution < -0.4 is 10.9 Å². The van der Waals surface area contributed by atoms with E-state index in [0.717, 1.165) is 11.8 Å². The number of hydrogen-bond donors (Lipinski definition) is 2. The van der Waals surface area contributed by atoms with Crippen molar-refractivity contribution in [1.29, 1.82) is 0 Å². The van der Waals surface area contributed by atoms with Crippen LogP contribution in [-0.4, -0.2) is 32.3 Å². The zero-order chi connectivity index (χ0) is 18.0. The maximum atomic E-state index is 12.8. The SMILES string of the molecule is CCC(CO)Nc1ncc2cc(-c3ccccc3Cl)c(=O)n(C)c2n1. The zero-order valence-corrected chi connectivity index (χ0v) is 14.8. The highest BCUT2D eigenvalue weighted by Crippen LogP contribution is 2.27. The molecule has 6 nitrogen and oxygen atoms in total. The van der Waals surface area contributed by atoms with Crippen LogP contribution in [0.25, 0.3) is 22.2 Å². The fraction of sp³-hybridized carbons (Fsp3) is 0.278. The van der Waals surface area contributed by atoms with E-state index in [2.05, 4.69) is 15.3 Å². The first-order valence-corrected chi connectivity index (χ1v) is 8.42. The standard InChI is InChI=1S/C18H19ClN4O2/c1-3-12(10-24)21-18-20-9-11-8-14(13-6-4-5-7-15(13)19)17(25)23(2)16(11)22-18/h4-9,12,24H,3,10H2,1-2H3,(H,20,21,22). The monoisotopic (exact) mass is 358 g/mol. The summed E-state index contributed by atoms with van der Waals surface area (Å²) in [7, 11) is 1.67. The third-order valence-corrected chi connectivity index (χ3v) is 4.49. The summed E-state index contributed by atoms with van der Waals surface area (Å²) < 4.78 is 1.49. The van der Waals surface area contributed by atoms with Gasteiger partial charge in [0.25, 0.3) is 5.56 Å². The van der Waals surface area contributed by atoms with Gasteiger partial charge in [-0.2, -0.15) is 4.98 Å². The minimum Gasteiger partial charge on any atom is -0.394 e. The van der Waals surface area contributed by atoms with Gasteiger partial charge in [-0.15, -0.1) is 0 Å². The molecule has 3 aromatic rings. The minimum atomic E-state index is -0.181. The first kappa shape index (κ1) is 17.4. The van der Waals surface area contributed by atoms with Gasteiger partial charge < -0.3 is 10.4 Å². The van der Waals surface area contributed by atoms with E-state index in [4.69, 9.17) is 11.6 Å². The average molecular weight is 359 g/mol. The highest BCUT2D eigenvalue weighted by Gasteiger charge is 2.14. The van der Waals surface area contributed by atoms with Gasteiger partial charge in [-0.1, -0.05) is 36.7 Å². The molecule has 0 radical (unpaired) electrons. The summed E-state index contributed by atoms with van der Waals surface area (Å²) in [5.41, 5.74) is 1.53. The molecule has 0 aliphatic heterocycles. The van der Waals surface area contributed by atoms with E-state index in [9.17, 15) is 9.90 Å². The van der Waals surface area contributed by atoms with Crippen LogP contribution in [0.2, 0.25) is 5.02 Å². The van der Waals surface area contributed by atoms with Crippen molar-refractivity contribution in [3.05, 3.63) is 51.9 Å². The molecule has 0 amide bonds. The lowest BCUT2D eigenvalue weighted by atomic mass is 10.1. The van der Waals surface area contributed by atoms with Gasteiger partial charge in [0.1, 0.15) is 5.65 Å². The molecule has 3 rings (SSSR count). The van der Waals surface area contributed by atoms with Gasteiger partial charge in [-0.05, 0) is 18.6 Å². The fourth-order valence-corrected chi connectivity index (χ4v) is 2.89. The number of halogens is 1. The van der Waals surface area contributed by atoms with E-state index in [1.54, 1.807) is 25.4 Å². The average Bonchev–Trinajstić information content (AvgIpc) is 2.63. The summed E-state index contributed by atoms with van der Waals surface area (Å²) in [5.74, 6) is 0.383. The molecule has 0 fully saturated rings. The molecule has 25 heavy (non-hydrogen) atoms. The van der Waals surface area contributed by atoms with Crippen LogP contribution in [0.3, 0.4) is 0 Å². The number of benzene rings is 1. The summed E-state index contributed by atoms with van der Waals surface area (Å²) in [6.45, 7) is 1.95. The Morgan fingerprint density at radius 3 is 2.76 bits per heavy atom. The van der Waals surface area contributed by atoms with E-state index in [1.165, 1.54) is 4.57 Å². The minimum absolute atomic E-state index is 0.0116. The number of hydrogen-bond acceptors (Lipinski definition) is 5. The Kier molecular flexibility index (Phi) is 5.01. The first-order chi connectivity index (χ1) is 12.0. The predicted molar refractivity (Wildman–Crippen MR) is 100 cm³/mol. The number of aryl methyl sites for hydroxylation is 1. The van der Waals surface area contributed by atoms with Crippen LogP contribution in [0.1, 0.15) is 13.3 Å². The van der Waals surface area contributed by atoms with Crippen LogP contribution in [0, 0.1) is 0 Å². The number of anilines is 1. The lowest BCUT2D eigenvalue weighted by molar-refractivity contribution is 0.271. The van der Waals surface area contributed by atoms with Crippen molar-refractivity contribution >= 4 is 28.6 Å².